The number of hydrogen-bond donors (Lipinski definition) is 2. The largest absolute Gasteiger partial charge is 0.387 e. The van der Waals surface area contributed by atoms with Crippen molar-refractivity contribution in [2.45, 2.75) is 37.8 Å². The van der Waals surface area contributed by atoms with Gasteiger partial charge in [0.15, 0.2) is 0 Å². The van der Waals surface area contributed by atoms with Crippen LogP contribution in [0.25, 0.3) is 0 Å². The zero-order chi connectivity index (χ0) is 10.7. The van der Waals surface area contributed by atoms with E-state index < -0.39 is 0 Å². The molecular weight excluding hydrogens is 186 g/mol. The monoisotopic (exact) mass is 205 g/mol. The Kier molecular flexibility index (Phi) is 3.08. The molecule has 1 aliphatic carbocycles. The zero-order valence-electron chi connectivity index (χ0n) is 9.24. The smallest absolute Gasteiger partial charge is 0.0914 e. The van der Waals surface area contributed by atoms with Crippen LogP contribution in [0.3, 0.4) is 0 Å². The summed E-state index contributed by atoms with van der Waals surface area (Å²) in [5.41, 5.74) is 1.27. The van der Waals surface area contributed by atoms with E-state index in [-0.39, 0.29) is 11.6 Å². The maximum absolute atomic E-state index is 9.94. The van der Waals surface area contributed by atoms with E-state index in [0.717, 1.165) is 5.56 Å². The average Bonchev–Trinajstić information content (AvgIpc) is 2.24. The third kappa shape index (κ3) is 2.58. The molecule has 1 aromatic rings. The highest BCUT2D eigenvalue weighted by Crippen LogP contribution is 2.31. The number of β-amino-alcohol motifs (C(OH)–C–C–N with tert-alkyl or cyclic N) is 1. The van der Waals surface area contributed by atoms with Crippen molar-refractivity contribution in [2.75, 3.05) is 6.54 Å². The zero-order valence-corrected chi connectivity index (χ0v) is 9.24. The fourth-order valence-corrected chi connectivity index (χ4v) is 2.02. The molecule has 0 amide bonds. The maximum Gasteiger partial charge on any atom is 0.0914 e. The van der Waals surface area contributed by atoms with Crippen molar-refractivity contribution in [3.05, 3.63) is 35.9 Å². The normalized spacial score (nSPS) is 20.7. The Labute approximate surface area is 91.3 Å². The molecule has 0 aromatic heterocycles. The fourth-order valence-electron chi connectivity index (χ4n) is 2.02. The van der Waals surface area contributed by atoms with Crippen molar-refractivity contribution >= 4 is 0 Å². The second-order valence-electron chi connectivity index (χ2n) is 4.72. The van der Waals surface area contributed by atoms with Crippen molar-refractivity contribution in [1.82, 2.24) is 5.32 Å². The first-order valence-corrected chi connectivity index (χ1v) is 5.68. The van der Waals surface area contributed by atoms with Gasteiger partial charge >= 0.3 is 0 Å². The van der Waals surface area contributed by atoms with E-state index in [1.54, 1.807) is 0 Å². The summed E-state index contributed by atoms with van der Waals surface area (Å²) in [5.74, 6) is 0. The minimum absolute atomic E-state index is 0.274. The van der Waals surface area contributed by atoms with Crippen LogP contribution in [-0.4, -0.2) is 17.2 Å². The van der Waals surface area contributed by atoms with Gasteiger partial charge in [-0.25, -0.2) is 0 Å². The summed E-state index contributed by atoms with van der Waals surface area (Å²) >= 11 is 0. The van der Waals surface area contributed by atoms with E-state index in [2.05, 4.69) is 12.2 Å². The SMILES string of the molecule is CC1(NCC(O)c2ccccc2)CCC1. The molecule has 82 valence electrons. The van der Waals surface area contributed by atoms with Gasteiger partial charge in [-0.1, -0.05) is 30.3 Å². The summed E-state index contributed by atoms with van der Waals surface area (Å²) in [6, 6.07) is 9.83. The van der Waals surface area contributed by atoms with Crippen LogP contribution in [0.5, 0.6) is 0 Å². The van der Waals surface area contributed by atoms with Gasteiger partial charge in [-0.3, -0.25) is 0 Å². The Morgan fingerprint density at radius 1 is 1.33 bits per heavy atom. The highest BCUT2D eigenvalue weighted by molar-refractivity contribution is 5.17. The first-order valence-electron chi connectivity index (χ1n) is 5.68. The molecule has 0 bridgehead atoms. The van der Waals surface area contributed by atoms with Crippen LogP contribution < -0.4 is 5.32 Å². The first-order chi connectivity index (χ1) is 7.20. The van der Waals surface area contributed by atoms with Gasteiger partial charge in [0, 0.05) is 12.1 Å². The molecule has 15 heavy (non-hydrogen) atoms. The highest BCUT2D eigenvalue weighted by Gasteiger charge is 2.31. The molecule has 1 aromatic carbocycles. The van der Waals surface area contributed by atoms with Crippen LogP contribution in [0.15, 0.2) is 30.3 Å². The Morgan fingerprint density at radius 3 is 2.53 bits per heavy atom. The van der Waals surface area contributed by atoms with Crippen molar-refractivity contribution < 1.29 is 5.11 Å². The van der Waals surface area contributed by atoms with Gasteiger partial charge in [0.05, 0.1) is 6.10 Å². The van der Waals surface area contributed by atoms with Crippen LogP contribution in [0.2, 0.25) is 0 Å². The van der Waals surface area contributed by atoms with Crippen molar-refractivity contribution in [1.29, 1.82) is 0 Å². The van der Waals surface area contributed by atoms with Crippen LogP contribution in [0, 0.1) is 0 Å². The van der Waals surface area contributed by atoms with Crippen molar-refractivity contribution in [3.8, 4) is 0 Å². The first kappa shape index (κ1) is 10.7. The highest BCUT2D eigenvalue weighted by atomic mass is 16.3. The topological polar surface area (TPSA) is 32.3 Å². The lowest BCUT2D eigenvalue weighted by Crippen LogP contribution is -2.49. The molecule has 1 aliphatic rings. The van der Waals surface area contributed by atoms with Crippen molar-refractivity contribution in [2.24, 2.45) is 0 Å². The van der Waals surface area contributed by atoms with Gasteiger partial charge < -0.3 is 10.4 Å². The van der Waals surface area contributed by atoms with E-state index in [0.29, 0.717) is 6.54 Å². The average molecular weight is 205 g/mol. The summed E-state index contributed by atoms with van der Waals surface area (Å²) in [6.45, 7) is 2.88. The van der Waals surface area contributed by atoms with Crippen LogP contribution in [0.4, 0.5) is 0 Å². The Morgan fingerprint density at radius 2 is 2.00 bits per heavy atom. The van der Waals surface area contributed by atoms with Gasteiger partial charge in [0.2, 0.25) is 0 Å². The Hall–Kier alpha value is -0.860. The van der Waals surface area contributed by atoms with Gasteiger partial charge in [-0.2, -0.15) is 0 Å². The Bertz CT molecular complexity index is 306. The summed E-state index contributed by atoms with van der Waals surface area (Å²) in [6.07, 6.45) is 3.39. The molecule has 0 radical (unpaired) electrons. The number of aliphatic hydroxyl groups excluding tert-OH is 1. The predicted molar refractivity (Wildman–Crippen MR) is 61.7 cm³/mol. The number of aliphatic hydroxyl groups is 1. The lowest BCUT2D eigenvalue weighted by molar-refractivity contribution is 0.132. The van der Waals surface area contributed by atoms with Crippen LogP contribution in [-0.2, 0) is 0 Å². The van der Waals surface area contributed by atoms with Gasteiger partial charge in [-0.15, -0.1) is 0 Å². The molecule has 1 fully saturated rings. The lowest BCUT2D eigenvalue weighted by Gasteiger charge is -2.40. The second kappa shape index (κ2) is 4.33. The fraction of sp³-hybridized carbons (Fsp3) is 0.538. The quantitative estimate of drug-likeness (QED) is 0.790. The van der Waals surface area contributed by atoms with E-state index in [4.69, 9.17) is 0 Å². The summed E-state index contributed by atoms with van der Waals surface area (Å²) in [5, 5.41) is 13.4. The molecule has 0 aliphatic heterocycles. The molecule has 2 nitrogen and oxygen atoms in total. The lowest BCUT2D eigenvalue weighted by atomic mass is 9.78. The molecule has 0 heterocycles. The number of rotatable bonds is 4. The molecule has 1 atom stereocenters. The molecule has 2 N–H and O–H groups in total. The summed E-state index contributed by atoms with van der Waals surface area (Å²) in [7, 11) is 0. The molecule has 2 heteroatoms. The number of hydrogen-bond acceptors (Lipinski definition) is 2. The van der Waals surface area contributed by atoms with Gasteiger partial charge in [0.25, 0.3) is 0 Å². The Balaban J connectivity index is 1.85. The minimum Gasteiger partial charge on any atom is -0.387 e. The third-order valence-electron chi connectivity index (χ3n) is 3.36. The van der Waals surface area contributed by atoms with Gasteiger partial charge in [0.1, 0.15) is 0 Å². The standard InChI is InChI=1S/C13H19NO/c1-13(8-5-9-13)14-10-12(15)11-6-3-2-4-7-11/h2-4,6-7,12,14-15H,5,8-10H2,1H3. The van der Waals surface area contributed by atoms with E-state index in [9.17, 15) is 5.11 Å². The molecule has 0 spiro atoms. The van der Waals surface area contributed by atoms with E-state index in [1.807, 2.05) is 30.3 Å². The maximum atomic E-state index is 9.94. The molecule has 1 saturated carbocycles. The van der Waals surface area contributed by atoms with E-state index in [1.165, 1.54) is 19.3 Å². The molecule has 0 saturated heterocycles. The van der Waals surface area contributed by atoms with Crippen LogP contribution in [0.1, 0.15) is 37.9 Å². The molecular formula is C13H19NO. The van der Waals surface area contributed by atoms with Crippen LogP contribution >= 0.6 is 0 Å². The summed E-state index contributed by atoms with van der Waals surface area (Å²) in [4.78, 5) is 0. The van der Waals surface area contributed by atoms with Crippen molar-refractivity contribution in [3.63, 3.8) is 0 Å². The minimum atomic E-state index is -0.386. The third-order valence-corrected chi connectivity index (χ3v) is 3.36. The van der Waals surface area contributed by atoms with Gasteiger partial charge in [-0.05, 0) is 31.7 Å². The molecule has 2 rings (SSSR count). The number of nitrogens with one attached hydrogen (secondary N) is 1. The number of benzene rings is 1. The second-order valence-corrected chi connectivity index (χ2v) is 4.72. The van der Waals surface area contributed by atoms with E-state index >= 15 is 0 Å². The predicted octanol–water partition coefficient (Wildman–Crippen LogP) is 2.25. The summed E-state index contributed by atoms with van der Waals surface area (Å²) < 4.78 is 0. The molecule has 1 unspecified atom stereocenters.